The number of thiophene rings is 1. The number of nitrogens with one attached hydrogen (secondary N) is 2. The largest absolute Gasteiger partial charge is 0.311 e. The standard InChI is InChI=1S/C20H18N4OS/c1-12-6-8-13(9-7-12)16-10-17(24-23-16)19(25)22-20-15(11-21)14-4-2-3-5-18(14)26-20/h6-10H,2-5H2,1H3,(H,22,25)(H,23,24). The van der Waals surface area contributed by atoms with Crippen molar-refractivity contribution in [3.8, 4) is 17.3 Å². The molecule has 0 aliphatic heterocycles. The van der Waals surface area contributed by atoms with Crippen molar-refractivity contribution in [3.63, 3.8) is 0 Å². The SMILES string of the molecule is Cc1ccc(-c2cc(C(=O)Nc3sc4c(c3C#N)CCCC4)[nH]n2)cc1. The Bertz CT molecular complexity index is 1010. The summed E-state index contributed by atoms with van der Waals surface area (Å²) in [6, 6.07) is 12.0. The first-order valence-electron chi connectivity index (χ1n) is 8.64. The topological polar surface area (TPSA) is 81.6 Å². The second-order valence-electron chi connectivity index (χ2n) is 6.51. The minimum absolute atomic E-state index is 0.272. The zero-order valence-electron chi connectivity index (χ0n) is 14.4. The van der Waals surface area contributed by atoms with Gasteiger partial charge < -0.3 is 5.32 Å². The summed E-state index contributed by atoms with van der Waals surface area (Å²) in [6.07, 6.45) is 4.16. The fourth-order valence-electron chi connectivity index (χ4n) is 3.25. The zero-order valence-corrected chi connectivity index (χ0v) is 15.2. The van der Waals surface area contributed by atoms with Crippen molar-refractivity contribution in [3.05, 3.63) is 57.6 Å². The number of hydrogen-bond acceptors (Lipinski definition) is 4. The molecule has 0 spiro atoms. The predicted molar refractivity (Wildman–Crippen MR) is 102 cm³/mol. The lowest BCUT2D eigenvalue weighted by Gasteiger charge is -2.09. The second-order valence-corrected chi connectivity index (χ2v) is 7.62. The monoisotopic (exact) mass is 362 g/mol. The molecular formula is C20H18N4OS. The highest BCUT2D eigenvalue weighted by molar-refractivity contribution is 7.16. The van der Waals surface area contributed by atoms with Crippen LogP contribution in [-0.2, 0) is 12.8 Å². The van der Waals surface area contributed by atoms with Crippen LogP contribution in [-0.4, -0.2) is 16.1 Å². The summed E-state index contributed by atoms with van der Waals surface area (Å²) in [5, 5.41) is 20.1. The lowest BCUT2D eigenvalue weighted by Crippen LogP contribution is -2.12. The minimum atomic E-state index is -0.272. The highest BCUT2D eigenvalue weighted by atomic mass is 32.1. The van der Waals surface area contributed by atoms with Crippen molar-refractivity contribution < 1.29 is 4.79 Å². The van der Waals surface area contributed by atoms with Gasteiger partial charge in [-0.1, -0.05) is 29.8 Å². The molecule has 130 valence electrons. The van der Waals surface area contributed by atoms with E-state index in [-0.39, 0.29) is 5.91 Å². The fourth-order valence-corrected chi connectivity index (χ4v) is 4.49. The molecule has 0 saturated carbocycles. The van der Waals surface area contributed by atoms with Crippen LogP contribution in [0.5, 0.6) is 0 Å². The summed E-state index contributed by atoms with van der Waals surface area (Å²) in [7, 11) is 0. The Balaban J connectivity index is 1.57. The van der Waals surface area contributed by atoms with E-state index in [1.54, 1.807) is 6.07 Å². The molecule has 4 rings (SSSR count). The Morgan fingerprint density at radius 3 is 2.81 bits per heavy atom. The Kier molecular flexibility index (Phi) is 4.31. The molecule has 2 N–H and O–H groups in total. The van der Waals surface area contributed by atoms with Gasteiger partial charge in [0.05, 0.1) is 11.3 Å². The van der Waals surface area contributed by atoms with Gasteiger partial charge in [-0.3, -0.25) is 9.89 Å². The number of carbonyl (C=O) groups excluding carboxylic acids is 1. The highest BCUT2D eigenvalue weighted by Crippen LogP contribution is 2.37. The third-order valence-electron chi connectivity index (χ3n) is 4.68. The molecule has 1 amide bonds. The Morgan fingerprint density at radius 1 is 1.27 bits per heavy atom. The van der Waals surface area contributed by atoms with Crippen LogP contribution in [0.15, 0.2) is 30.3 Å². The summed E-state index contributed by atoms with van der Waals surface area (Å²) in [5.41, 5.74) is 4.97. The van der Waals surface area contributed by atoms with E-state index in [1.807, 2.05) is 31.2 Å². The number of nitriles is 1. The van der Waals surface area contributed by atoms with Gasteiger partial charge in [-0.25, -0.2) is 0 Å². The molecule has 3 aromatic rings. The van der Waals surface area contributed by atoms with Crippen molar-refractivity contribution >= 4 is 22.2 Å². The van der Waals surface area contributed by atoms with E-state index in [4.69, 9.17) is 0 Å². The van der Waals surface area contributed by atoms with Crippen LogP contribution in [0.4, 0.5) is 5.00 Å². The summed E-state index contributed by atoms with van der Waals surface area (Å²) in [6.45, 7) is 2.03. The number of rotatable bonds is 3. The predicted octanol–water partition coefficient (Wildman–Crippen LogP) is 4.45. The smallest absolute Gasteiger partial charge is 0.274 e. The molecule has 1 aromatic carbocycles. The number of carbonyl (C=O) groups is 1. The van der Waals surface area contributed by atoms with Gasteiger partial charge in [-0.05, 0) is 44.2 Å². The Labute approximate surface area is 155 Å². The number of benzene rings is 1. The normalized spacial score (nSPS) is 13.1. The van der Waals surface area contributed by atoms with E-state index in [0.717, 1.165) is 42.5 Å². The number of nitrogens with zero attached hydrogens (tertiary/aromatic N) is 2. The lowest BCUT2D eigenvalue weighted by atomic mass is 9.96. The summed E-state index contributed by atoms with van der Waals surface area (Å²) in [4.78, 5) is 13.8. The van der Waals surface area contributed by atoms with E-state index < -0.39 is 0 Å². The van der Waals surface area contributed by atoms with Crippen molar-refractivity contribution in [2.24, 2.45) is 0 Å². The molecule has 6 heteroatoms. The Morgan fingerprint density at radius 2 is 2.04 bits per heavy atom. The molecule has 0 saturated heterocycles. The average Bonchev–Trinajstić information content (AvgIpc) is 3.26. The first-order chi connectivity index (χ1) is 12.7. The first-order valence-corrected chi connectivity index (χ1v) is 9.46. The summed E-state index contributed by atoms with van der Waals surface area (Å²) in [5.74, 6) is -0.272. The molecule has 0 radical (unpaired) electrons. The molecule has 1 aliphatic carbocycles. The van der Waals surface area contributed by atoms with Gasteiger partial charge in [0.2, 0.25) is 0 Å². The fraction of sp³-hybridized carbons (Fsp3) is 0.250. The quantitative estimate of drug-likeness (QED) is 0.722. The minimum Gasteiger partial charge on any atom is -0.311 e. The molecule has 5 nitrogen and oxygen atoms in total. The summed E-state index contributed by atoms with van der Waals surface area (Å²) < 4.78 is 0. The number of aromatic nitrogens is 2. The van der Waals surface area contributed by atoms with Crippen molar-refractivity contribution in [2.45, 2.75) is 32.6 Å². The molecule has 0 unspecified atom stereocenters. The molecular weight excluding hydrogens is 344 g/mol. The van der Waals surface area contributed by atoms with Gasteiger partial charge in [0.15, 0.2) is 0 Å². The van der Waals surface area contributed by atoms with Gasteiger partial charge >= 0.3 is 0 Å². The maximum Gasteiger partial charge on any atom is 0.274 e. The molecule has 26 heavy (non-hydrogen) atoms. The Hall–Kier alpha value is -2.91. The van der Waals surface area contributed by atoms with Crippen LogP contribution in [0.25, 0.3) is 11.3 Å². The van der Waals surface area contributed by atoms with Crippen LogP contribution in [0, 0.1) is 18.3 Å². The van der Waals surface area contributed by atoms with Crippen molar-refractivity contribution in [1.82, 2.24) is 10.2 Å². The number of aromatic amines is 1. The number of amides is 1. The highest BCUT2D eigenvalue weighted by Gasteiger charge is 2.22. The third-order valence-corrected chi connectivity index (χ3v) is 5.89. The lowest BCUT2D eigenvalue weighted by molar-refractivity contribution is 0.102. The molecule has 1 aliphatic rings. The number of anilines is 1. The number of H-pyrrole nitrogens is 1. The van der Waals surface area contributed by atoms with Gasteiger partial charge in [-0.2, -0.15) is 10.4 Å². The maximum absolute atomic E-state index is 12.6. The van der Waals surface area contributed by atoms with Gasteiger partial charge in [0, 0.05) is 10.4 Å². The van der Waals surface area contributed by atoms with E-state index in [2.05, 4.69) is 21.6 Å². The van der Waals surface area contributed by atoms with E-state index >= 15 is 0 Å². The van der Waals surface area contributed by atoms with Crippen LogP contribution >= 0.6 is 11.3 Å². The van der Waals surface area contributed by atoms with Gasteiger partial charge in [-0.15, -0.1) is 11.3 Å². The van der Waals surface area contributed by atoms with Crippen LogP contribution in [0.2, 0.25) is 0 Å². The summed E-state index contributed by atoms with van der Waals surface area (Å²) >= 11 is 1.53. The zero-order chi connectivity index (χ0) is 18.1. The van der Waals surface area contributed by atoms with Crippen LogP contribution in [0.3, 0.4) is 0 Å². The first kappa shape index (κ1) is 16.6. The molecule has 2 aromatic heterocycles. The van der Waals surface area contributed by atoms with E-state index in [1.165, 1.54) is 21.8 Å². The second kappa shape index (κ2) is 6.77. The molecule has 0 fully saturated rings. The number of aryl methyl sites for hydroxylation is 2. The van der Waals surface area contributed by atoms with E-state index in [0.29, 0.717) is 16.3 Å². The molecule has 2 heterocycles. The van der Waals surface area contributed by atoms with Gasteiger partial charge in [0.25, 0.3) is 5.91 Å². The number of fused-ring (bicyclic) bond motifs is 1. The maximum atomic E-state index is 12.6. The third kappa shape index (κ3) is 3.02. The van der Waals surface area contributed by atoms with Crippen molar-refractivity contribution in [1.29, 1.82) is 5.26 Å². The molecule has 0 bridgehead atoms. The number of hydrogen-bond donors (Lipinski definition) is 2. The van der Waals surface area contributed by atoms with Crippen LogP contribution < -0.4 is 5.32 Å². The van der Waals surface area contributed by atoms with Crippen molar-refractivity contribution in [2.75, 3.05) is 5.32 Å². The molecule has 0 atom stereocenters. The van der Waals surface area contributed by atoms with E-state index in [9.17, 15) is 10.1 Å². The van der Waals surface area contributed by atoms with Crippen LogP contribution in [0.1, 0.15) is 44.9 Å². The average molecular weight is 362 g/mol. The van der Waals surface area contributed by atoms with Gasteiger partial charge in [0.1, 0.15) is 16.8 Å².